The molecule has 0 atom stereocenters. The lowest BCUT2D eigenvalue weighted by Crippen LogP contribution is -2.37. The van der Waals surface area contributed by atoms with Crippen molar-refractivity contribution in [3.8, 4) is 0 Å². The predicted molar refractivity (Wildman–Crippen MR) is 159 cm³/mol. The quantitative estimate of drug-likeness (QED) is 0.232. The summed E-state index contributed by atoms with van der Waals surface area (Å²) in [7, 11) is -3.72. The van der Waals surface area contributed by atoms with E-state index in [9.17, 15) is 18.0 Å². The maximum absolute atomic E-state index is 13.4. The van der Waals surface area contributed by atoms with Crippen LogP contribution in [0.25, 0.3) is 21.0 Å². The fraction of sp³-hybridized carbons (Fsp3) is 0.367. The molecule has 0 unspecified atom stereocenters. The SMILES string of the molecule is CCOC(=O)Cn1c(=NC(=O)c2ccc(S(=O)(=O)N(CC(C)C)CC(C)C)cc2)sc2c3ccccc3ccc21. The van der Waals surface area contributed by atoms with Gasteiger partial charge in [0.05, 0.1) is 21.7 Å². The molecule has 0 fully saturated rings. The molecular formula is C30H35N3O5S2. The number of fused-ring (bicyclic) bond motifs is 3. The van der Waals surface area contributed by atoms with Gasteiger partial charge < -0.3 is 9.30 Å². The number of hydrogen-bond acceptors (Lipinski definition) is 6. The predicted octanol–water partition coefficient (Wildman–Crippen LogP) is 5.46. The number of amides is 1. The lowest BCUT2D eigenvalue weighted by atomic mass is 10.1. The summed E-state index contributed by atoms with van der Waals surface area (Å²) in [6, 6.07) is 17.7. The van der Waals surface area contributed by atoms with Crippen molar-refractivity contribution in [3.05, 3.63) is 71.0 Å². The topological polar surface area (TPSA) is 98.0 Å². The molecule has 0 bridgehead atoms. The first-order valence-corrected chi connectivity index (χ1v) is 15.6. The number of thiazole rings is 1. The first-order valence-electron chi connectivity index (χ1n) is 13.4. The first kappa shape index (κ1) is 29.6. The zero-order chi connectivity index (χ0) is 29.0. The summed E-state index contributed by atoms with van der Waals surface area (Å²) < 4.78 is 36.0. The Hall–Kier alpha value is -3.34. The van der Waals surface area contributed by atoms with E-state index in [-0.39, 0.29) is 35.4 Å². The van der Waals surface area contributed by atoms with Crippen LogP contribution >= 0.6 is 11.3 Å². The number of benzene rings is 3. The molecule has 1 aromatic heterocycles. The van der Waals surface area contributed by atoms with Gasteiger partial charge >= 0.3 is 5.97 Å². The highest BCUT2D eigenvalue weighted by molar-refractivity contribution is 7.89. The van der Waals surface area contributed by atoms with Gasteiger partial charge in [-0.3, -0.25) is 9.59 Å². The number of esters is 1. The molecule has 3 aromatic carbocycles. The van der Waals surface area contributed by atoms with E-state index in [0.717, 1.165) is 21.0 Å². The van der Waals surface area contributed by atoms with Crippen LogP contribution in [0.4, 0.5) is 0 Å². The van der Waals surface area contributed by atoms with Crippen LogP contribution in [0.3, 0.4) is 0 Å². The maximum Gasteiger partial charge on any atom is 0.326 e. The van der Waals surface area contributed by atoms with Gasteiger partial charge in [-0.15, -0.1) is 0 Å². The largest absolute Gasteiger partial charge is 0.465 e. The van der Waals surface area contributed by atoms with E-state index < -0.39 is 21.9 Å². The van der Waals surface area contributed by atoms with Gasteiger partial charge in [-0.1, -0.05) is 69.4 Å². The molecule has 0 aliphatic rings. The molecule has 4 rings (SSSR count). The standard InChI is InChI=1S/C30H35N3O5S2/c1-6-38-27(34)19-33-26-16-13-22-9-7-8-10-25(22)28(26)39-30(33)31-29(35)23-11-14-24(15-12-23)40(36,37)32(17-20(2)3)18-21(4)5/h7-16,20-21H,6,17-19H2,1-5H3. The van der Waals surface area contributed by atoms with Gasteiger partial charge in [0, 0.05) is 24.0 Å². The maximum atomic E-state index is 13.4. The highest BCUT2D eigenvalue weighted by Gasteiger charge is 2.26. The average Bonchev–Trinajstić information content (AvgIpc) is 3.25. The van der Waals surface area contributed by atoms with Gasteiger partial charge in [-0.2, -0.15) is 9.30 Å². The number of aromatic nitrogens is 1. The van der Waals surface area contributed by atoms with E-state index in [1.165, 1.54) is 39.9 Å². The molecule has 0 radical (unpaired) electrons. The molecule has 0 saturated heterocycles. The van der Waals surface area contributed by atoms with Crippen LogP contribution in [0.2, 0.25) is 0 Å². The van der Waals surface area contributed by atoms with Gasteiger partial charge in [-0.25, -0.2) is 8.42 Å². The van der Waals surface area contributed by atoms with E-state index in [2.05, 4.69) is 4.99 Å². The van der Waals surface area contributed by atoms with Gasteiger partial charge in [-0.05, 0) is 54.5 Å². The van der Waals surface area contributed by atoms with Crippen molar-refractivity contribution in [1.29, 1.82) is 0 Å². The lowest BCUT2D eigenvalue weighted by Gasteiger charge is -2.25. The van der Waals surface area contributed by atoms with Crippen molar-refractivity contribution >= 4 is 54.2 Å². The zero-order valence-electron chi connectivity index (χ0n) is 23.5. The molecule has 212 valence electrons. The van der Waals surface area contributed by atoms with Crippen molar-refractivity contribution in [2.45, 2.75) is 46.1 Å². The molecule has 0 N–H and O–H groups in total. The van der Waals surface area contributed by atoms with Crippen molar-refractivity contribution in [1.82, 2.24) is 8.87 Å². The van der Waals surface area contributed by atoms with E-state index in [4.69, 9.17) is 4.74 Å². The van der Waals surface area contributed by atoms with Gasteiger partial charge in [0.2, 0.25) is 10.0 Å². The third-order valence-electron chi connectivity index (χ3n) is 6.24. The third-order valence-corrected chi connectivity index (χ3v) is 9.21. The molecule has 0 aliphatic heterocycles. The molecule has 1 amide bonds. The Morgan fingerprint density at radius 3 is 2.23 bits per heavy atom. The number of sulfonamides is 1. The number of carbonyl (C=O) groups is 2. The Morgan fingerprint density at radius 1 is 0.950 bits per heavy atom. The Morgan fingerprint density at radius 2 is 1.60 bits per heavy atom. The highest BCUT2D eigenvalue weighted by Crippen LogP contribution is 2.28. The normalized spacial score (nSPS) is 12.8. The summed E-state index contributed by atoms with van der Waals surface area (Å²) in [6.45, 7) is 10.7. The molecule has 0 spiro atoms. The first-order chi connectivity index (χ1) is 19.0. The fourth-order valence-electron chi connectivity index (χ4n) is 4.53. The number of rotatable bonds is 10. The van der Waals surface area contributed by atoms with Crippen LogP contribution in [0.1, 0.15) is 45.0 Å². The van der Waals surface area contributed by atoms with E-state index in [1.807, 2.05) is 64.1 Å². The highest BCUT2D eigenvalue weighted by atomic mass is 32.2. The zero-order valence-corrected chi connectivity index (χ0v) is 25.1. The summed E-state index contributed by atoms with van der Waals surface area (Å²) in [4.78, 5) is 30.5. The number of ether oxygens (including phenoxy) is 1. The smallest absolute Gasteiger partial charge is 0.326 e. The second kappa shape index (κ2) is 12.4. The molecule has 40 heavy (non-hydrogen) atoms. The lowest BCUT2D eigenvalue weighted by molar-refractivity contribution is -0.143. The minimum Gasteiger partial charge on any atom is -0.465 e. The van der Waals surface area contributed by atoms with Crippen LogP contribution in [0.15, 0.2) is 70.6 Å². The number of hydrogen-bond donors (Lipinski definition) is 0. The summed E-state index contributed by atoms with van der Waals surface area (Å²) in [6.07, 6.45) is 0. The Balaban J connectivity index is 1.73. The molecular weight excluding hydrogens is 546 g/mol. The van der Waals surface area contributed by atoms with Crippen molar-refractivity contribution in [2.75, 3.05) is 19.7 Å². The van der Waals surface area contributed by atoms with Crippen molar-refractivity contribution in [2.24, 2.45) is 16.8 Å². The van der Waals surface area contributed by atoms with Crippen LogP contribution in [-0.4, -0.2) is 48.9 Å². The Labute approximate surface area is 239 Å². The van der Waals surface area contributed by atoms with Crippen molar-refractivity contribution in [3.63, 3.8) is 0 Å². The van der Waals surface area contributed by atoms with E-state index >= 15 is 0 Å². The number of carbonyl (C=O) groups excluding carboxylic acids is 2. The van der Waals surface area contributed by atoms with Crippen LogP contribution < -0.4 is 4.80 Å². The average molecular weight is 582 g/mol. The molecule has 0 saturated carbocycles. The summed E-state index contributed by atoms with van der Waals surface area (Å²) >= 11 is 1.32. The molecule has 4 aromatic rings. The summed E-state index contributed by atoms with van der Waals surface area (Å²) in [5.41, 5.74) is 1.03. The van der Waals surface area contributed by atoms with Gasteiger partial charge in [0.15, 0.2) is 4.80 Å². The van der Waals surface area contributed by atoms with Crippen LogP contribution in [0.5, 0.6) is 0 Å². The number of nitrogens with zero attached hydrogens (tertiary/aromatic N) is 3. The van der Waals surface area contributed by atoms with E-state index in [0.29, 0.717) is 17.9 Å². The summed E-state index contributed by atoms with van der Waals surface area (Å²) in [5, 5.41) is 2.04. The summed E-state index contributed by atoms with van der Waals surface area (Å²) in [5.74, 6) is -0.606. The Kier molecular flexibility index (Phi) is 9.22. The second-order valence-electron chi connectivity index (χ2n) is 10.5. The molecule has 1 heterocycles. The van der Waals surface area contributed by atoms with Gasteiger partial charge in [0.25, 0.3) is 5.91 Å². The van der Waals surface area contributed by atoms with Gasteiger partial charge in [0.1, 0.15) is 6.54 Å². The third kappa shape index (κ3) is 6.51. The monoisotopic (exact) mass is 581 g/mol. The van der Waals surface area contributed by atoms with Crippen LogP contribution in [-0.2, 0) is 26.1 Å². The second-order valence-corrected chi connectivity index (χ2v) is 13.4. The minimum atomic E-state index is -3.72. The Bertz CT molecular complexity index is 1690. The molecule has 10 heteroatoms. The minimum absolute atomic E-state index is 0.0863. The fourth-order valence-corrected chi connectivity index (χ4v) is 7.46. The molecule has 0 aliphatic carbocycles. The van der Waals surface area contributed by atoms with E-state index in [1.54, 1.807) is 11.5 Å². The van der Waals surface area contributed by atoms with Crippen molar-refractivity contribution < 1.29 is 22.7 Å². The molecule has 8 nitrogen and oxygen atoms in total. The van der Waals surface area contributed by atoms with Crippen LogP contribution in [0, 0.1) is 11.8 Å².